The van der Waals surface area contributed by atoms with E-state index >= 15 is 0 Å². The van der Waals surface area contributed by atoms with Crippen molar-refractivity contribution < 1.29 is 9.90 Å². The van der Waals surface area contributed by atoms with Crippen molar-refractivity contribution in [1.82, 2.24) is 5.32 Å². The number of para-hydroxylation sites is 1. The van der Waals surface area contributed by atoms with Crippen LogP contribution in [-0.2, 0) is 0 Å². The highest BCUT2D eigenvalue weighted by molar-refractivity contribution is 5.99. The van der Waals surface area contributed by atoms with E-state index in [1.54, 1.807) is 13.0 Å². The molecule has 0 radical (unpaired) electrons. The highest BCUT2D eigenvalue weighted by Crippen LogP contribution is 2.16. The van der Waals surface area contributed by atoms with Crippen LogP contribution in [0.15, 0.2) is 24.3 Å². The fourth-order valence-electron chi connectivity index (χ4n) is 1.47. The molecule has 3 N–H and O–H groups in total. The molecule has 0 unspecified atom stereocenters. The Kier molecular flexibility index (Phi) is 4.97. The van der Waals surface area contributed by atoms with Gasteiger partial charge in [0.15, 0.2) is 0 Å². The van der Waals surface area contributed by atoms with Gasteiger partial charge in [0.25, 0.3) is 5.91 Å². The minimum absolute atomic E-state index is 0.0640. The minimum atomic E-state index is -0.241. The highest BCUT2D eigenvalue weighted by atomic mass is 16.3. The van der Waals surface area contributed by atoms with Crippen molar-refractivity contribution in [3.05, 3.63) is 29.8 Å². The molecule has 0 fully saturated rings. The molecule has 0 aliphatic rings. The van der Waals surface area contributed by atoms with Crippen molar-refractivity contribution in [3.8, 4) is 0 Å². The van der Waals surface area contributed by atoms with Crippen LogP contribution < -0.4 is 10.6 Å². The third kappa shape index (κ3) is 4.07. The lowest BCUT2D eigenvalue weighted by molar-refractivity contribution is 0.0923. The number of hydrogen-bond acceptors (Lipinski definition) is 3. The zero-order valence-corrected chi connectivity index (χ0v) is 10.5. The highest BCUT2D eigenvalue weighted by Gasteiger charge is 2.13. The molecule has 17 heavy (non-hydrogen) atoms. The SMILES string of the molecule is CC(C)Nc1ccccc1C(=O)N[C@H](C)CO. The monoisotopic (exact) mass is 236 g/mol. The Morgan fingerprint density at radius 1 is 1.29 bits per heavy atom. The number of nitrogens with one attached hydrogen (secondary N) is 2. The summed E-state index contributed by atoms with van der Waals surface area (Å²) in [6, 6.07) is 7.37. The molecule has 0 saturated carbocycles. The maximum atomic E-state index is 12.0. The van der Waals surface area contributed by atoms with Gasteiger partial charge in [0.1, 0.15) is 0 Å². The molecular formula is C13H20N2O2. The summed E-state index contributed by atoms with van der Waals surface area (Å²) in [5.74, 6) is -0.171. The van der Waals surface area contributed by atoms with Gasteiger partial charge in [0, 0.05) is 17.8 Å². The van der Waals surface area contributed by atoms with Crippen LogP contribution in [0.3, 0.4) is 0 Å². The zero-order valence-electron chi connectivity index (χ0n) is 10.5. The predicted molar refractivity (Wildman–Crippen MR) is 69.2 cm³/mol. The topological polar surface area (TPSA) is 61.4 Å². The average molecular weight is 236 g/mol. The van der Waals surface area contributed by atoms with Crippen LogP contribution in [0.2, 0.25) is 0 Å². The van der Waals surface area contributed by atoms with Crippen LogP contribution in [0.4, 0.5) is 5.69 Å². The van der Waals surface area contributed by atoms with Gasteiger partial charge in [-0.05, 0) is 32.9 Å². The molecule has 1 amide bonds. The van der Waals surface area contributed by atoms with Gasteiger partial charge in [0.05, 0.1) is 12.2 Å². The van der Waals surface area contributed by atoms with E-state index in [9.17, 15) is 4.79 Å². The van der Waals surface area contributed by atoms with E-state index in [1.165, 1.54) is 0 Å². The van der Waals surface area contributed by atoms with Gasteiger partial charge in [-0.25, -0.2) is 0 Å². The number of benzene rings is 1. The maximum Gasteiger partial charge on any atom is 0.253 e. The number of aliphatic hydroxyl groups excluding tert-OH is 1. The van der Waals surface area contributed by atoms with Gasteiger partial charge in [-0.2, -0.15) is 0 Å². The number of amides is 1. The number of carbonyl (C=O) groups excluding carboxylic acids is 1. The molecule has 1 aromatic rings. The van der Waals surface area contributed by atoms with Crippen molar-refractivity contribution in [2.75, 3.05) is 11.9 Å². The lowest BCUT2D eigenvalue weighted by Gasteiger charge is -2.16. The van der Waals surface area contributed by atoms with Crippen molar-refractivity contribution >= 4 is 11.6 Å². The number of aliphatic hydroxyl groups is 1. The summed E-state index contributed by atoms with van der Waals surface area (Å²) in [5.41, 5.74) is 1.41. The Hall–Kier alpha value is -1.55. The van der Waals surface area contributed by atoms with E-state index in [2.05, 4.69) is 10.6 Å². The quantitative estimate of drug-likeness (QED) is 0.728. The van der Waals surface area contributed by atoms with E-state index in [0.29, 0.717) is 5.56 Å². The summed E-state index contributed by atoms with van der Waals surface area (Å²) in [6.45, 7) is 5.73. The molecule has 0 bridgehead atoms. The number of carbonyl (C=O) groups is 1. The van der Waals surface area contributed by atoms with E-state index < -0.39 is 0 Å². The van der Waals surface area contributed by atoms with E-state index in [4.69, 9.17) is 5.11 Å². The maximum absolute atomic E-state index is 12.0. The van der Waals surface area contributed by atoms with Gasteiger partial charge in [-0.3, -0.25) is 4.79 Å². The zero-order chi connectivity index (χ0) is 12.8. The summed E-state index contributed by atoms with van der Waals surface area (Å²) in [5, 5.41) is 14.9. The Labute approximate surface area is 102 Å². The molecule has 4 heteroatoms. The smallest absolute Gasteiger partial charge is 0.253 e. The molecule has 0 aliphatic heterocycles. The van der Waals surface area contributed by atoms with E-state index in [1.807, 2.05) is 32.0 Å². The van der Waals surface area contributed by atoms with Crippen LogP contribution in [0, 0.1) is 0 Å². The number of hydrogen-bond donors (Lipinski definition) is 3. The first-order valence-corrected chi connectivity index (χ1v) is 5.82. The van der Waals surface area contributed by atoms with E-state index in [0.717, 1.165) is 5.69 Å². The van der Waals surface area contributed by atoms with Crippen molar-refractivity contribution in [2.45, 2.75) is 32.9 Å². The summed E-state index contributed by atoms with van der Waals surface area (Å²) >= 11 is 0. The number of anilines is 1. The van der Waals surface area contributed by atoms with Gasteiger partial charge < -0.3 is 15.7 Å². The fraction of sp³-hybridized carbons (Fsp3) is 0.462. The average Bonchev–Trinajstić information content (AvgIpc) is 2.28. The molecule has 1 aromatic carbocycles. The summed E-state index contributed by atoms with van der Waals surface area (Å²) in [7, 11) is 0. The third-order valence-corrected chi connectivity index (χ3v) is 2.27. The second-order valence-corrected chi connectivity index (χ2v) is 4.40. The fourth-order valence-corrected chi connectivity index (χ4v) is 1.47. The molecule has 4 nitrogen and oxygen atoms in total. The van der Waals surface area contributed by atoms with E-state index in [-0.39, 0.29) is 24.6 Å². The first-order valence-electron chi connectivity index (χ1n) is 5.82. The first-order chi connectivity index (χ1) is 8.04. The lowest BCUT2D eigenvalue weighted by atomic mass is 10.1. The molecule has 1 rings (SSSR count). The van der Waals surface area contributed by atoms with Crippen LogP contribution in [-0.4, -0.2) is 29.7 Å². The van der Waals surface area contributed by atoms with Gasteiger partial charge >= 0.3 is 0 Å². The van der Waals surface area contributed by atoms with Crippen molar-refractivity contribution in [3.63, 3.8) is 0 Å². The second-order valence-electron chi connectivity index (χ2n) is 4.40. The molecule has 0 saturated heterocycles. The Morgan fingerprint density at radius 2 is 1.94 bits per heavy atom. The third-order valence-electron chi connectivity index (χ3n) is 2.27. The molecule has 1 atom stereocenters. The second kappa shape index (κ2) is 6.25. The Balaban J connectivity index is 2.85. The van der Waals surface area contributed by atoms with Gasteiger partial charge in [-0.1, -0.05) is 12.1 Å². The normalized spacial score (nSPS) is 12.3. The van der Waals surface area contributed by atoms with Crippen molar-refractivity contribution in [2.24, 2.45) is 0 Å². The number of rotatable bonds is 5. The molecule has 0 spiro atoms. The molecular weight excluding hydrogens is 216 g/mol. The van der Waals surface area contributed by atoms with Crippen LogP contribution in [0.5, 0.6) is 0 Å². The van der Waals surface area contributed by atoms with Crippen molar-refractivity contribution in [1.29, 1.82) is 0 Å². The van der Waals surface area contributed by atoms with Gasteiger partial charge in [-0.15, -0.1) is 0 Å². The largest absolute Gasteiger partial charge is 0.394 e. The first kappa shape index (κ1) is 13.5. The molecule has 0 aromatic heterocycles. The molecule has 94 valence electrons. The lowest BCUT2D eigenvalue weighted by Crippen LogP contribution is -2.35. The summed E-state index contributed by atoms with van der Waals surface area (Å²) in [4.78, 5) is 12.0. The molecule has 0 aliphatic carbocycles. The predicted octanol–water partition coefficient (Wildman–Crippen LogP) is 1.62. The standard InChI is InChI=1S/C13H20N2O2/c1-9(2)14-12-7-5-4-6-11(12)13(17)15-10(3)8-16/h4-7,9-10,14,16H,8H2,1-3H3,(H,15,17)/t10-/m1/s1. The molecule has 0 heterocycles. The summed E-state index contributed by atoms with van der Waals surface area (Å²) < 4.78 is 0. The van der Waals surface area contributed by atoms with Crippen LogP contribution in [0.1, 0.15) is 31.1 Å². The van der Waals surface area contributed by atoms with Crippen LogP contribution in [0.25, 0.3) is 0 Å². The van der Waals surface area contributed by atoms with Crippen LogP contribution >= 0.6 is 0 Å². The Bertz CT molecular complexity index is 377. The summed E-state index contributed by atoms with van der Waals surface area (Å²) in [6.07, 6.45) is 0. The van der Waals surface area contributed by atoms with Gasteiger partial charge in [0.2, 0.25) is 0 Å². The minimum Gasteiger partial charge on any atom is -0.394 e. The Morgan fingerprint density at radius 3 is 2.53 bits per heavy atom.